The Bertz CT molecular complexity index is 988. The Labute approximate surface area is 165 Å². The first-order chi connectivity index (χ1) is 13.4. The monoisotopic (exact) mass is 407 g/mol. The number of thiazole rings is 1. The number of fused-ring (bicyclic) bond motifs is 1. The van der Waals surface area contributed by atoms with E-state index in [-0.39, 0.29) is 11.4 Å². The second-order valence-electron chi connectivity index (χ2n) is 6.22. The van der Waals surface area contributed by atoms with Crippen molar-refractivity contribution < 1.29 is 18.0 Å². The third-order valence-corrected chi connectivity index (χ3v) is 5.56. The van der Waals surface area contributed by atoms with Crippen molar-refractivity contribution in [3.05, 3.63) is 59.4 Å². The van der Waals surface area contributed by atoms with Crippen LogP contribution in [-0.2, 0) is 0 Å². The Morgan fingerprint density at radius 3 is 2.43 bits per heavy atom. The number of amides is 1. The van der Waals surface area contributed by atoms with Gasteiger partial charge in [0.1, 0.15) is 5.82 Å². The molecule has 0 fully saturated rings. The number of halogens is 3. The fourth-order valence-electron chi connectivity index (χ4n) is 2.85. The van der Waals surface area contributed by atoms with Gasteiger partial charge in [0.2, 0.25) is 0 Å². The maximum Gasteiger partial charge on any atom is 0.260 e. The lowest BCUT2D eigenvalue weighted by molar-refractivity contribution is 0.0983. The van der Waals surface area contributed by atoms with Crippen molar-refractivity contribution in [3.8, 4) is 0 Å². The summed E-state index contributed by atoms with van der Waals surface area (Å²) in [5, 5.41) is 0.391. The maximum atomic E-state index is 13.6. The Kier molecular flexibility index (Phi) is 6.31. The molecule has 0 bridgehead atoms. The molecule has 0 spiro atoms. The van der Waals surface area contributed by atoms with Crippen LogP contribution < -0.4 is 4.90 Å². The predicted molar refractivity (Wildman–Crippen MR) is 105 cm³/mol. The molecule has 0 aliphatic heterocycles. The molecule has 1 heterocycles. The Balaban J connectivity index is 1.97. The van der Waals surface area contributed by atoms with Crippen molar-refractivity contribution >= 4 is 32.6 Å². The highest BCUT2D eigenvalue weighted by atomic mass is 32.1. The predicted octanol–water partition coefficient (Wildman–Crippen LogP) is 4.70. The first kappa shape index (κ1) is 20.3. The molecule has 148 valence electrons. The van der Waals surface area contributed by atoms with Crippen molar-refractivity contribution in [2.24, 2.45) is 0 Å². The van der Waals surface area contributed by atoms with Crippen molar-refractivity contribution in [3.63, 3.8) is 0 Å². The Hall–Kier alpha value is -2.45. The molecular formula is C20H20F3N3OS. The molecule has 8 heteroatoms. The fourth-order valence-corrected chi connectivity index (χ4v) is 3.87. The minimum atomic E-state index is -1.08. The molecule has 0 unspecified atom stereocenters. The summed E-state index contributed by atoms with van der Waals surface area (Å²) < 4.78 is 41.0. The number of likely N-dealkylation sites (N-methyl/N-ethyl adjacent to an activating group) is 1. The zero-order chi connectivity index (χ0) is 20.3. The Morgan fingerprint density at radius 1 is 1.00 bits per heavy atom. The normalized spacial score (nSPS) is 11.4. The van der Waals surface area contributed by atoms with Gasteiger partial charge in [-0.2, -0.15) is 0 Å². The van der Waals surface area contributed by atoms with E-state index in [0.717, 1.165) is 25.2 Å². The number of carbonyl (C=O) groups is 1. The van der Waals surface area contributed by atoms with Gasteiger partial charge in [0.15, 0.2) is 16.8 Å². The minimum Gasteiger partial charge on any atom is -0.302 e. The number of rotatable bonds is 7. The standard InChI is InChI=1S/C20H20F3N3OS/c1-3-25(4-2)9-10-26(19(27)13-5-7-15(22)16(23)11-13)20-24-17-8-6-14(21)12-18(17)28-20/h5-8,11-12H,3-4,9-10H2,1-2H3. The molecule has 1 amide bonds. The maximum absolute atomic E-state index is 13.6. The highest BCUT2D eigenvalue weighted by Crippen LogP contribution is 2.30. The SMILES string of the molecule is CCN(CC)CCN(C(=O)c1ccc(F)c(F)c1)c1nc2ccc(F)cc2s1. The van der Waals surface area contributed by atoms with Crippen LogP contribution in [0.1, 0.15) is 24.2 Å². The van der Waals surface area contributed by atoms with Crippen LogP contribution >= 0.6 is 11.3 Å². The van der Waals surface area contributed by atoms with Gasteiger partial charge in [0.05, 0.1) is 10.2 Å². The molecule has 0 N–H and O–H groups in total. The van der Waals surface area contributed by atoms with E-state index in [2.05, 4.69) is 9.88 Å². The van der Waals surface area contributed by atoms with Gasteiger partial charge < -0.3 is 4.90 Å². The zero-order valence-electron chi connectivity index (χ0n) is 15.6. The lowest BCUT2D eigenvalue weighted by Crippen LogP contribution is -2.39. The topological polar surface area (TPSA) is 36.4 Å². The highest BCUT2D eigenvalue weighted by Gasteiger charge is 2.23. The van der Waals surface area contributed by atoms with E-state index in [1.54, 1.807) is 6.07 Å². The largest absolute Gasteiger partial charge is 0.302 e. The number of nitrogens with zero attached hydrogens (tertiary/aromatic N) is 3. The van der Waals surface area contributed by atoms with E-state index < -0.39 is 17.5 Å². The van der Waals surface area contributed by atoms with Crippen molar-refractivity contribution in [1.82, 2.24) is 9.88 Å². The van der Waals surface area contributed by atoms with Gasteiger partial charge in [-0.1, -0.05) is 25.2 Å². The molecule has 3 rings (SSSR count). The summed E-state index contributed by atoms with van der Waals surface area (Å²) in [7, 11) is 0. The third kappa shape index (κ3) is 4.34. The van der Waals surface area contributed by atoms with Crippen LogP contribution in [0.15, 0.2) is 36.4 Å². The third-order valence-electron chi connectivity index (χ3n) is 4.52. The number of anilines is 1. The van der Waals surface area contributed by atoms with E-state index in [1.807, 2.05) is 13.8 Å². The number of benzene rings is 2. The summed E-state index contributed by atoms with van der Waals surface area (Å²) in [5.74, 6) is -2.96. The van der Waals surface area contributed by atoms with Gasteiger partial charge >= 0.3 is 0 Å². The van der Waals surface area contributed by atoms with E-state index >= 15 is 0 Å². The Morgan fingerprint density at radius 2 is 1.75 bits per heavy atom. The quantitative estimate of drug-likeness (QED) is 0.570. The van der Waals surface area contributed by atoms with Gasteiger partial charge in [-0.25, -0.2) is 18.2 Å². The van der Waals surface area contributed by atoms with Crippen LogP contribution in [-0.4, -0.2) is 42.0 Å². The van der Waals surface area contributed by atoms with Gasteiger partial charge in [-0.15, -0.1) is 0 Å². The molecule has 2 aromatic carbocycles. The molecule has 0 aliphatic carbocycles. The van der Waals surface area contributed by atoms with E-state index in [4.69, 9.17) is 0 Å². The molecule has 0 saturated heterocycles. The van der Waals surface area contributed by atoms with Crippen LogP contribution in [0, 0.1) is 17.5 Å². The van der Waals surface area contributed by atoms with E-state index in [1.165, 1.54) is 34.4 Å². The van der Waals surface area contributed by atoms with Crippen LogP contribution in [0.4, 0.5) is 18.3 Å². The highest BCUT2D eigenvalue weighted by molar-refractivity contribution is 7.22. The number of hydrogen-bond acceptors (Lipinski definition) is 4. The lowest BCUT2D eigenvalue weighted by Gasteiger charge is -2.24. The van der Waals surface area contributed by atoms with Crippen LogP contribution in [0.5, 0.6) is 0 Å². The molecule has 0 saturated carbocycles. The number of aromatic nitrogens is 1. The summed E-state index contributed by atoms with van der Waals surface area (Å²) in [6, 6.07) is 7.28. The summed E-state index contributed by atoms with van der Waals surface area (Å²) in [6.45, 7) is 6.58. The summed E-state index contributed by atoms with van der Waals surface area (Å²) >= 11 is 1.18. The molecular weight excluding hydrogens is 387 g/mol. The summed E-state index contributed by atoms with van der Waals surface area (Å²) in [4.78, 5) is 21.1. The van der Waals surface area contributed by atoms with Gasteiger partial charge in [0, 0.05) is 18.7 Å². The van der Waals surface area contributed by atoms with Crippen molar-refractivity contribution in [2.75, 3.05) is 31.1 Å². The molecule has 0 radical (unpaired) electrons. The second-order valence-corrected chi connectivity index (χ2v) is 7.23. The fraction of sp³-hybridized carbons (Fsp3) is 0.300. The molecule has 0 aliphatic rings. The zero-order valence-corrected chi connectivity index (χ0v) is 16.4. The lowest BCUT2D eigenvalue weighted by atomic mass is 10.2. The molecule has 3 aromatic rings. The average Bonchev–Trinajstić information content (AvgIpc) is 3.09. The van der Waals surface area contributed by atoms with Gasteiger partial charge in [0.25, 0.3) is 5.91 Å². The number of hydrogen-bond donors (Lipinski definition) is 0. The molecule has 1 aromatic heterocycles. The van der Waals surface area contributed by atoms with Gasteiger partial charge in [-0.05, 0) is 49.5 Å². The van der Waals surface area contributed by atoms with Crippen molar-refractivity contribution in [2.45, 2.75) is 13.8 Å². The molecule has 4 nitrogen and oxygen atoms in total. The van der Waals surface area contributed by atoms with Crippen molar-refractivity contribution in [1.29, 1.82) is 0 Å². The first-order valence-electron chi connectivity index (χ1n) is 8.98. The second kappa shape index (κ2) is 8.70. The summed E-state index contributed by atoms with van der Waals surface area (Å²) in [6.07, 6.45) is 0. The summed E-state index contributed by atoms with van der Waals surface area (Å²) in [5.41, 5.74) is 0.608. The van der Waals surface area contributed by atoms with E-state index in [9.17, 15) is 18.0 Å². The first-order valence-corrected chi connectivity index (χ1v) is 9.80. The molecule has 28 heavy (non-hydrogen) atoms. The average molecular weight is 407 g/mol. The van der Waals surface area contributed by atoms with Crippen LogP contribution in [0.25, 0.3) is 10.2 Å². The van der Waals surface area contributed by atoms with Crippen LogP contribution in [0.3, 0.4) is 0 Å². The van der Waals surface area contributed by atoms with E-state index in [0.29, 0.717) is 28.4 Å². The smallest absolute Gasteiger partial charge is 0.260 e. The number of carbonyl (C=O) groups excluding carboxylic acids is 1. The van der Waals surface area contributed by atoms with Crippen LogP contribution in [0.2, 0.25) is 0 Å². The van der Waals surface area contributed by atoms with Gasteiger partial charge in [-0.3, -0.25) is 9.69 Å². The minimum absolute atomic E-state index is 0.0314. The molecule has 0 atom stereocenters.